The number of ether oxygens (including phenoxy) is 1. The molecule has 10 heteroatoms. The van der Waals surface area contributed by atoms with Gasteiger partial charge in [-0.25, -0.2) is 4.98 Å². The van der Waals surface area contributed by atoms with Gasteiger partial charge in [-0.3, -0.25) is 14.3 Å². The average molecular weight is 439 g/mol. The fraction of sp³-hybridized carbons (Fsp3) is 0.150. The van der Waals surface area contributed by atoms with Gasteiger partial charge in [0, 0.05) is 17.6 Å². The van der Waals surface area contributed by atoms with Crippen LogP contribution < -0.4 is 10.1 Å². The maximum atomic E-state index is 12.4. The van der Waals surface area contributed by atoms with Gasteiger partial charge in [-0.05, 0) is 31.2 Å². The van der Waals surface area contributed by atoms with Crippen LogP contribution in [0.4, 0.5) is 5.13 Å². The molecular formula is C20H18N6O2S2. The highest BCUT2D eigenvalue weighted by atomic mass is 32.2. The predicted octanol–water partition coefficient (Wildman–Crippen LogP) is 3.83. The van der Waals surface area contributed by atoms with Crippen molar-refractivity contribution in [1.29, 1.82) is 0 Å². The summed E-state index contributed by atoms with van der Waals surface area (Å²) < 4.78 is 7.23. The van der Waals surface area contributed by atoms with E-state index in [1.807, 2.05) is 59.3 Å². The smallest absolute Gasteiger partial charge is 0.236 e. The molecule has 0 aliphatic carbocycles. The Morgan fingerprint density at radius 2 is 2.13 bits per heavy atom. The molecule has 152 valence electrons. The summed E-state index contributed by atoms with van der Waals surface area (Å²) in [4.78, 5) is 21.0. The van der Waals surface area contributed by atoms with Gasteiger partial charge in [-0.1, -0.05) is 23.9 Å². The van der Waals surface area contributed by atoms with Gasteiger partial charge in [0.05, 0.1) is 24.2 Å². The van der Waals surface area contributed by atoms with Gasteiger partial charge in [-0.15, -0.1) is 21.5 Å². The summed E-state index contributed by atoms with van der Waals surface area (Å²) in [7, 11) is 1.62. The SMILES string of the molecule is COc1cccc(-n2c(SCC(=O)Nc3nc(C)cs3)nnc2-c2ccccn2)c1. The van der Waals surface area contributed by atoms with Gasteiger partial charge in [0.25, 0.3) is 0 Å². The number of aryl methyl sites for hydroxylation is 1. The number of amides is 1. The number of benzene rings is 1. The molecule has 0 saturated carbocycles. The number of carbonyl (C=O) groups excluding carboxylic acids is 1. The van der Waals surface area contributed by atoms with Crippen molar-refractivity contribution in [2.24, 2.45) is 0 Å². The Balaban J connectivity index is 1.62. The zero-order valence-corrected chi connectivity index (χ0v) is 17.9. The molecule has 0 aliphatic heterocycles. The highest BCUT2D eigenvalue weighted by Gasteiger charge is 2.18. The van der Waals surface area contributed by atoms with Crippen LogP contribution in [0.3, 0.4) is 0 Å². The lowest BCUT2D eigenvalue weighted by atomic mass is 10.2. The Kier molecular flexibility index (Phi) is 6.05. The van der Waals surface area contributed by atoms with E-state index in [2.05, 4.69) is 25.5 Å². The van der Waals surface area contributed by atoms with Crippen molar-refractivity contribution in [2.45, 2.75) is 12.1 Å². The van der Waals surface area contributed by atoms with Crippen molar-refractivity contribution < 1.29 is 9.53 Å². The number of thioether (sulfide) groups is 1. The van der Waals surface area contributed by atoms with Crippen LogP contribution in [0.1, 0.15) is 5.69 Å². The maximum Gasteiger partial charge on any atom is 0.236 e. The van der Waals surface area contributed by atoms with Gasteiger partial charge in [-0.2, -0.15) is 0 Å². The number of rotatable bonds is 7. The van der Waals surface area contributed by atoms with Crippen LogP contribution in [-0.2, 0) is 4.79 Å². The molecule has 30 heavy (non-hydrogen) atoms. The number of hydrogen-bond donors (Lipinski definition) is 1. The third-order valence-electron chi connectivity index (χ3n) is 4.04. The molecule has 1 aromatic carbocycles. The van der Waals surface area contributed by atoms with E-state index in [4.69, 9.17) is 4.74 Å². The molecule has 0 aliphatic rings. The van der Waals surface area contributed by atoms with Gasteiger partial charge >= 0.3 is 0 Å². The molecular weight excluding hydrogens is 420 g/mol. The molecule has 4 aromatic rings. The lowest BCUT2D eigenvalue weighted by molar-refractivity contribution is -0.113. The average Bonchev–Trinajstić information content (AvgIpc) is 3.39. The van der Waals surface area contributed by atoms with E-state index in [0.717, 1.165) is 11.4 Å². The fourth-order valence-corrected chi connectivity index (χ4v) is 4.16. The third-order valence-corrected chi connectivity index (χ3v) is 5.84. The molecule has 0 unspecified atom stereocenters. The first-order valence-corrected chi connectivity index (χ1v) is 10.9. The van der Waals surface area contributed by atoms with E-state index in [-0.39, 0.29) is 11.7 Å². The van der Waals surface area contributed by atoms with Crippen LogP contribution in [-0.4, -0.2) is 43.5 Å². The van der Waals surface area contributed by atoms with E-state index < -0.39 is 0 Å². The fourth-order valence-electron chi connectivity index (χ4n) is 2.70. The molecule has 0 saturated heterocycles. The quantitative estimate of drug-likeness (QED) is 0.438. The first kappa shape index (κ1) is 20.0. The lowest BCUT2D eigenvalue weighted by Crippen LogP contribution is -2.14. The largest absolute Gasteiger partial charge is 0.497 e. The number of pyridine rings is 1. The Morgan fingerprint density at radius 3 is 2.87 bits per heavy atom. The number of carbonyl (C=O) groups is 1. The van der Waals surface area contributed by atoms with Crippen molar-refractivity contribution in [3.63, 3.8) is 0 Å². The Morgan fingerprint density at radius 1 is 1.23 bits per heavy atom. The minimum Gasteiger partial charge on any atom is -0.497 e. The minimum absolute atomic E-state index is 0.158. The molecule has 0 spiro atoms. The van der Waals surface area contributed by atoms with Crippen LogP contribution in [0.5, 0.6) is 5.75 Å². The molecule has 3 aromatic heterocycles. The standard InChI is InChI=1S/C20H18N6O2S2/c1-13-11-29-19(22-13)23-17(27)12-30-20-25-24-18(16-8-3-4-9-21-16)26(20)14-6-5-7-15(10-14)28-2/h3-11H,12H2,1-2H3,(H,22,23,27). The number of nitrogens with zero attached hydrogens (tertiary/aromatic N) is 5. The molecule has 3 heterocycles. The van der Waals surface area contributed by atoms with Crippen molar-refractivity contribution in [3.05, 3.63) is 59.7 Å². The molecule has 0 radical (unpaired) electrons. The van der Waals surface area contributed by atoms with Gasteiger partial charge in [0.2, 0.25) is 5.91 Å². The summed E-state index contributed by atoms with van der Waals surface area (Å²) in [5.74, 6) is 1.31. The molecule has 4 rings (SSSR count). The van der Waals surface area contributed by atoms with E-state index in [1.54, 1.807) is 13.3 Å². The summed E-state index contributed by atoms with van der Waals surface area (Å²) in [5, 5.41) is 14.5. The van der Waals surface area contributed by atoms with E-state index in [1.165, 1.54) is 23.1 Å². The Hall–Kier alpha value is -3.24. The zero-order valence-electron chi connectivity index (χ0n) is 16.3. The molecule has 0 fully saturated rings. The van der Waals surface area contributed by atoms with Gasteiger partial charge < -0.3 is 10.1 Å². The number of aromatic nitrogens is 5. The van der Waals surface area contributed by atoms with Gasteiger partial charge in [0.15, 0.2) is 16.1 Å². The summed E-state index contributed by atoms with van der Waals surface area (Å²) >= 11 is 2.69. The van der Waals surface area contributed by atoms with E-state index in [9.17, 15) is 4.79 Å². The third kappa shape index (κ3) is 4.50. The van der Waals surface area contributed by atoms with E-state index in [0.29, 0.717) is 27.6 Å². The van der Waals surface area contributed by atoms with Gasteiger partial charge in [0.1, 0.15) is 11.4 Å². The monoisotopic (exact) mass is 438 g/mol. The van der Waals surface area contributed by atoms with E-state index >= 15 is 0 Å². The molecule has 1 amide bonds. The first-order valence-electron chi connectivity index (χ1n) is 9.00. The molecule has 1 N–H and O–H groups in total. The van der Waals surface area contributed by atoms with Crippen LogP contribution in [0, 0.1) is 6.92 Å². The number of methoxy groups -OCH3 is 1. The topological polar surface area (TPSA) is 94.8 Å². The summed E-state index contributed by atoms with van der Waals surface area (Å²) in [5.41, 5.74) is 2.38. The highest BCUT2D eigenvalue weighted by molar-refractivity contribution is 7.99. The Labute approximate surface area is 181 Å². The normalized spacial score (nSPS) is 10.7. The molecule has 8 nitrogen and oxygen atoms in total. The number of anilines is 1. The second kappa shape index (κ2) is 9.06. The van der Waals surface area contributed by atoms with Crippen molar-refractivity contribution in [2.75, 3.05) is 18.2 Å². The van der Waals surface area contributed by atoms with Crippen molar-refractivity contribution in [1.82, 2.24) is 24.7 Å². The molecule has 0 bridgehead atoms. The van der Waals surface area contributed by atoms with Crippen LogP contribution in [0.2, 0.25) is 0 Å². The predicted molar refractivity (Wildman–Crippen MR) is 117 cm³/mol. The Bertz CT molecular complexity index is 1160. The lowest BCUT2D eigenvalue weighted by Gasteiger charge is -2.11. The summed E-state index contributed by atoms with van der Waals surface area (Å²) in [6.07, 6.45) is 1.70. The number of hydrogen-bond acceptors (Lipinski definition) is 8. The second-order valence-corrected chi connectivity index (χ2v) is 7.99. The minimum atomic E-state index is -0.158. The summed E-state index contributed by atoms with van der Waals surface area (Å²) in [6.45, 7) is 1.89. The number of thiazole rings is 1. The van der Waals surface area contributed by atoms with Crippen molar-refractivity contribution >= 4 is 34.1 Å². The second-order valence-electron chi connectivity index (χ2n) is 6.19. The maximum absolute atomic E-state index is 12.4. The van der Waals surface area contributed by atoms with Crippen LogP contribution in [0.25, 0.3) is 17.2 Å². The first-order chi connectivity index (χ1) is 14.6. The van der Waals surface area contributed by atoms with Crippen LogP contribution >= 0.6 is 23.1 Å². The molecule has 0 atom stereocenters. The number of nitrogens with one attached hydrogen (secondary N) is 1. The summed E-state index contributed by atoms with van der Waals surface area (Å²) in [6, 6.07) is 13.2. The van der Waals surface area contributed by atoms with Crippen molar-refractivity contribution in [3.8, 4) is 23.0 Å². The van der Waals surface area contributed by atoms with Crippen LogP contribution in [0.15, 0.2) is 59.2 Å². The highest BCUT2D eigenvalue weighted by Crippen LogP contribution is 2.28. The zero-order chi connectivity index (χ0) is 20.9.